The van der Waals surface area contributed by atoms with E-state index >= 15 is 0 Å². The van der Waals surface area contributed by atoms with Crippen LogP contribution in [0.1, 0.15) is 51.7 Å². The first-order valence-corrected chi connectivity index (χ1v) is 8.60. The predicted octanol–water partition coefficient (Wildman–Crippen LogP) is 4.79. The van der Waals surface area contributed by atoms with Crippen molar-refractivity contribution in [2.24, 2.45) is 0 Å². The number of benzene rings is 1. The minimum atomic E-state index is -0.548. The lowest BCUT2D eigenvalue weighted by atomic mass is 9.80. The van der Waals surface area contributed by atoms with E-state index in [2.05, 4.69) is 56.9 Å². The average Bonchev–Trinajstić information content (AvgIpc) is 2.56. The molecule has 23 heavy (non-hydrogen) atoms. The molecule has 2 nitrogen and oxygen atoms in total. The zero-order chi connectivity index (χ0) is 17.0. The smallest absolute Gasteiger partial charge is 0.157 e. The number of carbonyl (C=O) groups excluding carboxylic acids is 1. The summed E-state index contributed by atoms with van der Waals surface area (Å²) in [4.78, 5) is 15.3. The van der Waals surface area contributed by atoms with Gasteiger partial charge in [0.1, 0.15) is 5.54 Å². The van der Waals surface area contributed by atoms with Crippen LogP contribution < -0.4 is 0 Å². The Morgan fingerprint density at radius 3 is 2.61 bits per heavy atom. The molecule has 0 spiro atoms. The highest BCUT2D eigenvalue weighted by Crippen LogP contribution is 2.36. The lowest BCUT2D eigenvalue weighted by Gasteiger charge is -2.44. The number of rotatable bonds is 5. The van der Waals surface area contributed by atoms with E-state index in [1.807, 2.05) is 19.1 Å². The van der Waals surface area contributed by atoms with Crippen molar-refractivity contribution in [1.82, 2.24) is 4.90 Å². The van der Waals surface area contributed by atoms with E-state index < -0.39 is 5.54 Å². The highest BCUT2D eigenvalue weighted by Gasteiger charge is 2.41. The molecule has 0 unspecified atom stereocenters. The summed E-state index contributed by atoms with van der Waals surface area (Å²) in [5, 5.41) is 0. The van der Waals surface area contributed by atoms with Gasteiger partial charge in [0.25, 0.3) is 0 Å². The minimum Gasteiger partial charge on any atom is -0.297 e. The molecule has 124 valence electrons. The molecule has 0 N–H and O–H groups in total. The third-order valence-electron chi connectivity index (χ3n) is 5.20. The molecule has 1 aromatic carbocycles. The van der Waals surface area contributed by atoms with Crippen LogP contribution in [0, 0.1) is 6.92 Å². The number of nitrogens with zero attached hydrogens (tertiary/aromatic N) is 1. The quantitative estimate of drug-likeness (QED) is 0.779. The van der Waals surface area contributed by atoms with E-state index in [4.69, 9.17) is 0 Å². The molecule has 0 radical (unpaired) electrons. The van der Waals surface area contributed by atoms with Crippen LogP contribution in [0.25, 0.3) is 0 Å². The molecule has 0 saturated heterocycles. The molecule has 0 fully saturated rings. The largest absolute Gasteiger partial charge is 0.297 e. The monoisotopic (exact) mass is 311 g/mol. The molecule has 1 atom stereocenters. The zero-order valence-corrected chi connectivity index (χ0v) is 15.1. The Morgan fingerprint density at radius 2 is 2.00 bits per heavy atom. The van der Waals surface area contributed by atoms with Gasteiger partial charge in [0.05, 0.1) is 0 Å². The van der Waals surface area contributed by atoms with Gasteiger partial charge >= 0.3 is 0 Å². The maximum Gasteiger partial charge on any atom is 0.157 e. The van der Waals surface area contributed by atoms with Crippen LogP contribution in [0.3, 0.4) is 0 Å². The summed E-state index contributed by atoms with van der Waals surface area (Å²) in [6, 6.07) is 8.31. The number of hydrogen-bond acceptors (Lipinski definition) is 2. The molecule has 2 rings (SSSR count). The number of carbonyl (C=O) groups is 1. The van der Waals surface area contributed by atoms with Gasteiger partial charge in [-0.15, -0.1) is 0 Å². The van der Waals surface area contributed by atoms with Crippen LogP contribution >= 0.6 is 0 Å². The lowest BCUT2D eigenvalue weighted by Crippen LogP contribution is -2.52. The van der Waals surface area contributed by atoms with Gasteiger partial charge in [0, 0.05) is 19.5 Å². The van der Waals surface area contributed by atoms with E-state index in [-0.39, 0.29) is 0 Å². The van der Waals surface area contributed by atoms with Crippen LogP contribution in [0.2, 0.25) is 0 Å². The summed E-state index contributed by atoms with van der Waals surface area (Å²) in [7, 11) is 0. The van der Waals surface area contributed by atoms with Crippen molar-refractivity contribution in [2.45, 2.75) is 53.0 Å². The van der Waals surface area contributed by atoms with Crippen LogP contribution in [-0.2, 0) is 10.3 Å². The summed E-state index contributed by atoms with van der Waals surface area (Å²) in [5.41, 5.74) is 4.58. The van der Waals surface area contributed by atoms with Crippen LogP contribution in [-0.4, -0.2) is 23.8 Å². The fourth-order valence-corrected chi connectivity index (χ4v) is 3.62. The summed E-state index contributed by atoms with van der Waals surface area (Å²) in [6.07, 6.45) is 5.87. The Morgan fingerprint density at radius 1 is 1.30 bits per heavy atom. The molecule has 1 aliphatic heterocycles. The highest BCUT2D eigenvalue weighted by molar-refractivity contribution is 5.89. The van der Waals surface area contributed by atoms with Gasteiger partial charge in [-0.3, -0.25) is 9.69 Å². The van der Waals surface area contributed by atoms with Crippen molar-refractivity contribution in [2.75, 3.05) is 13.1 Å². The molecule has 1 aliphatic rings. The van der Waals surface area contributed by atoms with Gasteiger partial charge in [-0.05, 0) is 50.8 Å². The Balaban J connectivity index is 2.49. The number of aryl methyl sites for hydroxylation is 1. The number of allylic oxidation sites excluding steroid dienone is 1. The van der Waals surface area contributed by atoms with E-state index in [0.29, 0.717) is 12.2 Å². The van der Waals surface area contributed by atoms with E-state index in [0.717, 1.165) is 25.1 Å². The molecule has 0 bridgehead atoms. The standard InChI is InChI=1S/C21H29NO/c1-6-10-18-15-22(14-13-16(18)3)21(5,20(23)7-2)19-12-9-8-11-17(19)4/h6,8-12H,7,13-15H2,1-5H3/b10-6-/t21-/m1/s1. The fourth-order valence-electron chi connectivity index (χ4n) is 3.62. The molecular formula is C21H29NO. The summed E-state index contributed by atoms with van der Waals surface area (Å²) in [5.74, 6) is 0.297. The first kappa shape index (κ1) is 17.7. The Bertz CT molecular complexity index is 641. The van der Waals surface area contributed by atoms with Crippen LogP contribution in [0.4, 0.5) is 0 Å². The Kier molecular flexibility index (Phi) is 5.59. The van der Waals surface area contributed by atoms with Crippen molar-refractivity contribution in [3.05, 3.63) is 58.7 Å². The second kappa shape index (κ2) is 7.27. The summed E-state index contributed by atoms with van der Waals surface area (Å²) < 4.78 is 0. The topological polar surface area (TPSA) is 20.3 Å². The average molecular weight is 311 g/mol. The van der Waals surface area contributed by atoms with Crippen molar-refractivity contribution in [3.8, 4) is 0 Å². The molecular weight excluding hydrogens is 282 g/mol. The molecule has 1 heterocycles. The third kappa shape index (κ3) is 3.32. The number of Topliss-reactive ketones (excluding diaryl/α,β-unsaturated/α-hetero) is 1. The lowest BCUT2D eigenvalue weighted by molar-refractivity contribution is -0.130. The van der Waals surface area contributed by atoms with Crippen molar-refractivity contribution < 1.29 is 4.79 Å². The maximum absolute atomic E-state index is 13.0. The highest BCUT2D eigenvalue weighted by atomic mass is 16.1. The minimum absolute atomic E-state index is 0.297. The first-order valence-electron chi connectivity index (χ1n) is 8.60. The SMILES string of the molecule is C/C=C\C1=C(C)CCN([C@@](C)(C(=O)CC)c2ccccc2C)C1. The second-order valence-corrected chi connectivity index (χ2v) is 6.64. The molecule has 1 aromatic rings. The first-order chi connectivity index (χ1) is 10.9. The van der Waals surface area contributed by atoms with Gasteiger partial charge in [-0.1, -0.05) is 48.9 Å². The van der Waals surface area contributed by atoms with Gasteiger partial charge < -0.3 is 0 Å². The molecule has 0 aromatic heterocycles. The third-order valence-corrected chi connectivity index (χ3v) is 5.20. The van der Waals surface area contributed by atoms with E-state index in [9.17, 15) is 4.79 Å². The van der Waals surface area contributed by atoms with Crippen LogP contribution in [0.5, 0.6) is 0 Å². The molecule has 0 aliphatic carbocycles. The molecule has 0 saturated carbocycles. The van der Waals surface area contributed by atoms with Gasteiger partial charge in [-0.2, -0.15) is 0 Å². The van der Waals surface area contributed by atoms with Gasteiger partial charge in [0.15, 0.2) is 5.78 Å². The summed E-state index contributed by atoms with van der Waals surface area (Å²) in [6.45, 7) is 12.2. The van der Waals surface area contributed by atoms with Crippen molar-refractivity contribution >= 4 is 5.78 Å². The van der Waals surface area contributed by atoms with Crippen molar-refractivity contribution in [3.63, 3.8) is 0 Å². The van der Waals surface area contributed by atoms with E-state index in [1.54, 1.807) is 0 Å². The molecule has 0 amide bonds. The van der Waals surface area contributed by atoms with Gasteiger partial charge in [0.2, 0.25) is 0 Å². The van der Waals surface area contributed by atoms with Crippen LogP contribution in [0.15, 0.2) is 47.6 Å². The number of ketones is 1. The normalized spacial score (nSPS) is 19.2. The second-order valence-electron chi connectivity index (χ2n) is 6.64. The van der Waals surface area contributed by atoms with Crippen molar-refractivity contribution in [1.29, 1.82) is 0 Å². The summed E-state index contributed by atoms with van der Waals surface area (Å²) >= 11 is 0. The molecule has 2 heteroatoms. The fraction of sp³-hybridized carbons (Fsp3) is 0.476. The van der Waals surface area contributed by atoms with Gasteiger partial charge in [-0.25, -0.2) is 0 Å². The number of hydrogen-bond donors (Lipinski definition) is 0. The predicted molar refractivity (Wildman–Crippen MR) is 97.5 cm³/mol. The maximum atomic E-state index is 13.0. The zero-order valence-electron chi connectivity index (χ0n) is 15.1. The van der Waals surface area contributed by atoms with E-state index in [1.165, 1.54) is 16.7 Å². The Hall–Kier alpha value is -1.67. The Labute approximate surface area is 140 Å².